The molecule has 0 aromatic heterocycles. The van der Waals surface area contributed by atoms with Gasteiger partial charge in [0.05, 0.1) is 13.2 Å². The van der Waals surface area contributed by atoms with Crippen LogP contribution in [0.3, 0.4) is 0 Å². The highest BCUT2D eigenvalue weighted by Crippen LogP contribution is 2.28. The quantitative estimate of drug-likeness (QED) is 0.686. The molecule has 0 heterocycles. The Morgan fingerprint density at radius 2 is 2.00 bits per heavy atom. The molecule has 1 amide bonds. The highest BCUT2D eigenvalue weighted by molar-refractivity contribution is 5.94. The highest BCUT2D eigenvalue weighted by Gasteiger charge is 2.11. The van der Waals surface area contributed by atoms with Crippen LogP contribution in [0.1, 0.15) is 37.0 Å². The van der Waals surface area contributed by atoms with Gasteiger partial charge in [-0.2, -0.15) is 0 Å². The fourth-order valence-corrected chi connectivity index (χ4v) is 1.65. The normalized spacial score (nSPS) is 9.67. The van der Waals surface area contributed by atoms with E-state index in [0.717, 1.165) is 12.8 Å². The first kappa shape index (κ1) is 19.5. The van der Waals surface area contributed by atoms with Gasteiger partial charge in [0.2, 0.25) is 0 Å². The Morgan fingerprint density at radius 1 is 1.24 bits per heavy atom. The van der Waals surface area contributed by atoms with E-state index in [1.165, 1.54) is 0 Å². The number of hydrogen-bond acceptors (Lipinski definition) is 4. The smallest absolute Gasteiger partial charge is 0.251 e. The van der Waals surface area contributed by atoms with Gasteiger partial charge >= 0.3 is 0 Å². The molecule has 120 valence electrons. The molecule has 0 saturated carbocycles. The minimum Gasteiger partial charge on any atom is -0.490 e. The predicted molar refractivity (Wildman–Crippen MR) is 86.6 cm³/mol. The molecule has 0 atom stereocenters. The fraction of sp³-hybridized carbons (Fsp3) is 0.533. The Labute approximate surface area is 132 Å². The Hall–Kier alpha value is -1.46. The summed E-state index contributed by atoms with van der Waals surface area (Å²) in [5.41, 5.74) is 5.96. The Bertz CT molecular complexity index is 427. The lowest BCUT2D eigenvalue weighted by atomic mass is 10.2. The van der Waals surface area contributed by atoms with E-state index < -0.39 is 0 Å². The third-order valence-electron chi connectivity index (χ3n) is 2.63. The molecule has 0 fully saturated rings. The summed E-state index contributed by atoms with van der Waals surface area (Å²) in [5.74, 6) is 1.15. The van der Waals surface area contributed by atoms with Gasteiger partial charge in [0.25, 0.3) is 5.91 Å². The van der Waals surface area contributed by atoms with Crippen LogP contribution in [0.15, 0.2) is 18.2 Å². The van der Waals surface area contributed by atoms with Crippen LogP contribution in [0.25, 0.3) is 0 Å². The maximum atomic E-state index is 12.0. The van der Waals surface area contributed by atoms with Gasteiger partial charge in [-0.05, 0) is 44.5 Å². The van der Waals surface area contributed by atoms with Gasteiger partial charge in [-0.3, -0.25) is 4.79 Å². The van der Waals surface area contributed by atoms with E-state index in [2.05, 4.69) is 5.32 Å². The second-order valence-electron chi connectivity index (χ2n) is 4.34. The monoisotopic (exact) mass is 316 g/mol. The number of benzene rings is 1. The first-order valence-corrected chi connectivity index (χ1v) is 7.10. The summed E-state index contributed by atoms with van der Waals surface area (Å²) in [7, 11) is 0. The van der Waals surface area contributed by atoms with Crippen molar-refractivity contribution in [1.82, 2.24) is 5.32 Å². The Morgan fingerprint density at radius 3 is 2.62 bits per heavy atom. The van der Waals surface area contributed by atoms with Crippen molar-refractivity contribution in [3.63, 3.8) is 0 Å². The number of nitrogens with two attached hydrogens (primary N) is 1. The second-order valence-corrected chi connectivity index (χ2v) is 4.34. The largest absolute Gasteiger partial charge is 0.490 e. The molecule has 5 nitrogen and oxygen atoms in total. The molecule has 1 rings (SSSR count). The minimum absolute atomic E-state index is 0. The zero-order valence-electron chi connectivity index (χ0n) is 12.7. The SMILES string of the molecule is CCCOc1ccc(C(=O)NCCCN)cc1OCC.Cl. The minimum atomic E-state index is -0.124. The summed E-state index contributed by atoms with van der Waals surface area (Å²) in [5, 5.41) is 2.82. The van der Waals surface area contributed by atoms with Crippen LogP contribution < -0.4 is 20.5 Å². The number of hydrogen-bond donors (Lipinski definition) is 2. The van der Waals surface area contributed by atoms with E-state index in [4.69, 9.17) is 15.2 Å². The third-order valence-corrected chi connectivity index (χ3v) is 2.63. The van der Waals surface area contributed by atoms with Gasteiger partial charge in [-0.1, -0.05) is 6.92 Å². The zero-order valence-corrected chi connectivity index (χ0v) is 13.5. The zero-order chi connectivity index (χ0) is 14.8. The Balaban J connectivity index is 0.00000400. The van der Waals surface area contributed by atoms with Crippen molar-refractivity contribution in [1.29, 1.82) is 0 Å². The number of nitrogens with one attached hydrogen (secondary N) is 1. The summed E-state index contributed by atoms with van der Waals surface area (Å²) in [6, 6.07) is 5.23. The van der Waals surface area contributed by atoms with E-state index in [9.17, 15) is 4.79 Å². The van der Waals surface area contributed by atoms with Crippen LogP contribution in [0.4, 0.5) is 0 Å². The van der Waals surface area contributed by atoms with Crippen molar-refractivity contribution in [2.45, 2.75) is 26.7 Å². The molecule has 0 spiro atoms. The molecule has 0 aliphatic heterocycles. The van der Waals surface area contributed by atoms with E-state index >= 15 is 0 Å². The molecule has 0 unspecified atom stereocenters. The van der Waals surface area contributed by atoms with Crippen LogP contribution in [-0.2, 0) is 0 Å². The molecule has 0 bridgehead atoms. The average Bonchev–Trinajstić information content (AvgIpc) is 2.46. The molecular formula is C15H25ClN2O3. The van der Waals surface area contributed by atoms with Crippen molar-refractivity contribution >= 4 is 18.3 Å². The molecule has 6 heteroatoms. The molecule has 3 N–H and O–H groups in total. The number of ether oxygens (including phenoxy) is 2. The van der Waals surface area contributed by atoms with Gasteiger partial charge in [-0.15, -0.1) is 12.4 Å². The first-order chi connectivity index (χ1) is 9.72. The van der Waals surface area contributed by atoms with E-state index in [-0.39, 0.29) is 18.3 Å². The number of rotatable bonds is 9. The average molecular weight is 317 g/mol. The lowest BCUT2D eigenvalue weighted by Gasteiger charge is -2.13. The van der Waals surface area contributed by atoms with E-state index in [1.54, 1.807) is 18.2 Å². The van der Waals surface area contributed by atoms with Crippen molar-refractivity contribution in [3.8, 4) is 11.5 Å². The summed E-state index contributed by atoms with van der Waals surface area (Å²) in [6.07, 6.45) is 1.69. The van der Waals surface area contributed by atoms with Crippen LogP contribution >= 0.6 is 12.4 Å². The van der Waals surface area contributed by atoms with Crippen molar-refractivity contribution in [3.05, 3.63) is 23.8 Å². The molecule has 0 aliphatic carbocycles. The van der Waals surface area contributed by atoms with Gasteiger partial charge in [0, 0.05) is 12.1 Å². The molecular weight excluding hydrogens is 292 g/mol. The highest BCUT2D eigenvalue weighted by atomic mass is 35.5. The molecule has 0 radical (unpaired) electrons. The third kappa shape index (κ3) is 6.69. The van der Waals surface area contributed by atoms with Crippen molar-refractivity contribution < 1.29 is 14.3 Å². The predicted octanol–water partition coefficient (Wildman–Crippen LogP) is 2.37. The maximum absolute atomic E-state index is 12.0. The van der Waals surface area contributed by atoms with Crippen LogP contribution in [-0.4, -0.2) is 32.2 Å². The standard InChI is InChI=1S/C15H24N2O3.ClH/c1-3-10-20-13-7-6-12(11-14(13)19-4-2)15(18)17-9-5-8-16;/h6-7,11H,3-5,8-10,16H2,1-2H3,(H,17,18);1H. The van der Waals surface area contributed by atoms with E-state index in [1.807, 2.05) is 13.8 Å². The Kier molecular flexibility index (Phi) is 10.4. The molecule has 1 aromatic carbocycles. The van der Waals surface area contributed by atoms with Gasteiger partial charge in [-0.25, -0.2) is 0 Å². The summed E-state index contributed by atoms with van der Waals surface area (Å²) in [6.45, 7) is 6.24. The van der Waals surface area contributed by atoms with Crippen molar-refractivity contribution in [2.75, 3.05) is 26.3 Å². The van der Waals surface area contributed by atoms with Crippen LogP contribution in [0.2, 0.25) is 0 Å². The molecule has 0 saturated heterocycles. The molecule has 0 aliphatic rings. The number of carbonyl (C=O) groups is 1. The number of carbonyl (C=O) groups excluding carboxylic acids is 1. The lowest BCUT2D eigenvalue weighted by Crippen LogP contribution is -2.25. The summed E-state index contributed by atoms with van der Waals surface area (Å²) < 4.78 is 11.1. The topological polar surface area (TPSA) is 73.6 Å². The number of amides is 1. The fourth-order valence-electron chi connectivity index (χ4n) is 1.65. The van der Waals surface area contributed by atoms with Crippen molar-refractivity contribution in [2.24, 2.45) is 5.73 Å². The first-order valence-electron chi connectivity index (χ1n) is 7.10. The molecule has 21 heavy (non-hydrogen) atoms. The summed E-state index contributed by atoms with van der Waals surface area (Å²) in [4.78, 5) is 12.0. The number of halogens is 1. The lowest BCUT2D eigenvalue weighted by molar-refractivity contribution is 0.0953. The second kappa shape index (κ2) is 11.2. The van der Waals surface area contributed by atoms with Gasteiger partial charge in [0.1, 0.15) is 0 Å². The van der Waals surface area contributed by atoms with Gasteiger partial charge in [0.15, 0.2) is 11.5 Å². The van der Waals surface area contributed by atoms with E-state index in [0.29, 0.717) is 43.4 Å². The van der Waals surface area contributed by atoms with Gasteiger partial charge < -0.3 is 20.5 Å². The summed E-state index contributed by atoms with van der Waals surface area (Å²) >= 11 is 0. The van der Waals surface area contributed by atoms with Crippen LogP contribution in [0.5, 0.6) is 11.5 Å². The maximum Gasteiger partial charge on any atom is 0.251 e. The van der Waals surface area contributed by atoms with Crippen LogP contribution in [0, 0.1) is 0 Å². The molecule has 1 aromatic rings.